The maximum atomic E-state index is 13.4. The van der Waals surface area contributed by atoms with E-state index in [1.165, 1.54) is 6.07 Å². The van der Waals surface area contributed by atoms with Crippen LogP contribution in [-0.2, 0) is 15.1 Å². The zero-order chi connectivity index (χ0) is 25.6. The zero-order valence-corrected chi connectivity index (χ0v) is 20.1. The Morgan fingerprint density at radius 3 is 2.14 bits per heavy atom. The molecule has 1 aliphatic carbocycles. The first-order valence-corrected chi connectivity index (χ1v) is 12.4. The molecule has 1 amide bonds. The van der Waals surface area contributed by atoms with Crippen molar-refractivity contribution in [3.8, 4) is 16.9 Å². The van der Waals surface area contributed by atoms with Crippen molar-refractivity contribution >= 4 is 6.09 Å². The molecule has 2 unspecified atom stereocenters. The van der Waals surface area contributed by atoms with E-state index in [0.717, 1.165) is 22.3 Å². The number of benzene rings is 3. The Hall–Kier alpha value is -3.49. The molecule has 3 aromatic carbocycles. The summed E-state index contributed by atoms with van der Waals surface area (Å²) < 4.78 is 42.3. The lowest BCUT2D eigenvalue weighted by molar-refractivity contribution is -0.138. The van der Waals surface area contributed by atoms with Crippen LogP contribution in [0.3, 0.4) is 0 Å². The number of hydrogen-bond donors (Lipinski definition) is 1. The minimum absolute atomic E-state index is 0.0615. The van der Waals surface area contributed by atoms with Gasteiger partial charge in [-0.2, -0.15) is 8.78 Å². The fourth-order valence-corrected chi connectivity index (χ4v) is 6.21. The van der Waals surface area contributed by atoms with Gasteiger partial charge in [-0.25, -0.2) is 4.79 Å². The summed E-state index contributed by atoms with van der Waals surface area (Å²) in [5.74, 6) is -0.124. The number of alkyl halides is 2. The predicted molar refractivity (Wildman–Crippen MR) is 132 cm³/mol. The van der Waals surface area contributed by atoms with Crippen molar-refractivity contribution in [1.82, 2.24) is 4.90 Å². The van der Waals surface area contributed by atoms with Gasteiger partial charge in [0.2, 0.25) is 0 Å². The average Bonchev–Trinajstić information content (AvgIpc) is 3.20. The van der Waals surface area contributed by atoms with Crippen LogP contribution in [0.25, 0.3) is 11.1 Å². The second-order valence-corrected chi connectivity index (χ2v) is 9.87. The quantitative estimate of drug-likeness (QED) is 0.509. The van der Waals surface area contributed by atoms with E-state index >= 15 is 0 Å². The van der Waals surface area contributed by atoms with Crippen molar-refractivity contribution in [2.24, 2.45) is 0 Å². The molecule has 3 aromatic rings. The van der Waals surface area contributed by atoms with E-state index in [9.17, 15) is 18.7 Å². The van der Waals surface area contributed by atoms with Crippen LogP contribution < -0.4 is 4.74 Å². The maximum absolute atomic E-state index is 13.4. The molecule has 2 heterocycles. The Labute approximate surface area is 213 Å². The fourth-order valence-electron chi connectivity index (χ4n) is 6.21. The van der Waals surface area contributed by atoms with E-state index in [1.54, 1.807) is 23.1 Å². The van der Waals surface area contributed by atoms with E-state index < -0.39 is 30.4 Å². The Bertz CT molecular complexity index is 1260. The number of halogens is 2. The Kier molecular flexibility index (Phi) is 6.09. The Morgan fingerprint density at radius 2 is 1.51 bits per heavy atom. The van der Waals surface area contributed by atoms with E-state index in [-0.39, 0.29) is 44.3 Å². The number of morpholine rings is 1. The second-order valence-electron chi connectivity index (χ2n) is 9.87. The summed E-state index contributed by atoms with van der Waals surface area (Å²) in [6.45, 7) is -2.37. The van der Waals surface area contributed by atoms with E-state index in [2.05, 4.69) is 29.0 Å². The van der Waals surface area contributed by atoms with Crippen molar-refractivity contribution in [1.29, 1.82) is 0 Å². The maximum Gasteiger partial charge on any atom is 0.410 e. The van der Waals surface area contributed by atoms with Gasteiger partial charge in [0, 0.05) is 24.3 Å². The number of carbonyl (C=O) groups excluding carboxylic acids is 1. The number of rotatable bonds is 5. The summed E-state index contributed by atoms with van der Waals surface area (Å²) in [5, 5.41) is 11.6. The molecule has 2 saturated heterocycles. The van der Waals surface area contributed by atoms with Crippen molar-refractivity contribution in [2.75, 3.05) is 19.8 Å². The van der Waals surface area contributed by atoms with Crippen LogP contribution in [0.2, 0.25) is 0 Å². The van der Waals surface area contributed by atoms with E-state index in [0.29, 0.717) is 5.56 Å². The van der Waals surface area contributed by atoms with Gasteiger partial charge >= 0.3 is 12.7 Å². The zero-order valence-electron chi connectivity index (χ0n) is 20.1. The standard InChI is InChI=1S/C29H27F2NO5/c30-27(31)37-26-12-6-5-11-25(26)29(34)13-18-15-35-16-19(14-29)32(18)28(33)36-17-24-22-9-3-1-7-20(22)21-8-2-4-10-23(21)24/h1-12,18-19,24,27,34H,13-17H2. The van der Waals surface area contributed by atoms with Gasteiger partial charge < -0.3 is 19.3 Å². The fraction of sp³-hybridized carbons (Fsp3) is 0.345. The third kappa shape index (κ3) is 4.24. The number of ether oxygens (including phenoxy) is 3. The lowest BCUT2D eigenvalue weighted by Crippen LogP contribution is -2.62. The molecule has 8 heteroatoms. The summed E-state index contributed by atoms with van der Waals surface area (Å²) in [4.78, 5) is 15.0. The lowest BCUT2D eigenvalue weighted by atomic mass is 9.76. The Morgan fingerprint density at radius 1 is 0.946 bits per heavy atom. The molecular formula is C29H27F2NO5. The largest absolute Gasteiger partial charge is 0.448 e. The summed E-state index contributed by atoms with van der Waals surface area (Å²) in [6, 6.07) is 21.6. The lowest BCUT2D eigenvalue weighted by Gasteiger charge is -2.51. The van der Waals surface area contributed by atoms with Crippen molar-refractivity contribution in [3.63, 3.8) is 0 Å². The first-order chi connectivity index (χ1) is 17.9. The first-order valence-electron chi connectivity index (χ1n) is 12.4. The summed E-state index contributed by atoms with van der Waals surface area (Å²) in [7, 11) is 0. The molecular weight excluding hydrogens is 480 g/mol. The summed E-state index contributed by atoms with van der Waals surface area (Å²) in [6.07, 6.45) is -0.214. The highest BCUT2D eigenvalue weighted by Gasteiger charge is 2.50. The van der Waals surface area contributed by atoms with Crippen LogP contribution in [0, 0.1) is 0 Å². The van der Waals surface area contributed by atoms with Gasteiger partial charge in [-0.3, -0.25) is 4.90 Å². The average molecular weight is 508 g/mol. The molecule has 0 spiro atoms. The highest BCUT2D eigenvalue weighted by molar-refractivity contribution is 5.79. The number of fused-ring (bicyclic) bond motifs is 5. The van der Waals surface area contributed by atoms with Crippen molar-refractivity contribution in [3.05, 3.63) is 89.5 Å². The molecule has 2 bridgehead atoms. The second kappa shape index (κ2) is 9.43. The van der Waals surface area contributed by atoms with Crippen LogP contribution in [-0.4, -0.2) is 54.6 Å². The van der Waals surface area contributed by atoms with Crippen LogP contribution in [0.1, 0.15) is 35.4 Å². The van der Waals surface area contributed by atoms with Gasteiger partial charge in [0.25, 0.3) is 0 Å². The molecule has 0 radical (unpaired) electrons. The van der Waals surface area contributed by atoms with Crippen LogP contribution in [0.5, 0.6) is 5.75 Å². The molecule has 2 aliphatic heterocycles. The monoisotopic (exact) mass is 507 g/mol. The van der Waals surface area contributed by atoms with E-state index in [4.69, 9.17) is 9.47 Å². The van der Waals surface area contributed by atoms with Gasteiger partial charge in [0.15, 0.2) is 0 Å². The minimum atomic E-state index is -3.01. The van der Waals surface area contributed by atoms with Crippen molar-refractivity contribution in [2.45, 2.75) is 43.1 Å². The normalized spacial score (nSPS) is 24.5. The number of nitrogens with zero attached hydrogens (tertiary/aromatic N) is 1. The van der Waals surface area contributed by atoms with Crippen LogP contribution in [0.15, 0.2) is 72.8 Å². The third-order valence-corrected chi connectivity index (χ3v) is 7.71. The van der Waals surface area contributed by atoms with Crippen molar-refractivity contribution < 1.29 is 32.9 Å². The number of carbonyl (C=O) groups is 1. The molecule has 0 saturated carbocycles. The third-order valence-electron chi connectivity index (χ3n) is 7.71. The van der Waals surface area contributed by atoms with Gasteiger partial charge in [-0.1, -0.05) is 66.7 Å². The smallest absolute Gasteiger partial charge is 0.410 e. The predicted octanol–water partition coefficient (Wildman–Crippen LogP) is 5.29. The highest BCUT2D eigenvalue weighted by Crippen LogP contribution is 2.46. The molecule has 6 rings (SSSR count). The molecule has 2 fully saturated rings. The van der Waals surface area contributed by atoms with Gasteiger partial charge in [-0.15, -0.1) is 0 Å². The molecule has 6 nitrogen and oxygen atoms in total. The number of hydrogen-bond acceptors (Lipinski definition) is 5. The Balaban J connectivity index is 1.21. The molecule has 3 aliphatic rings. The molecule has 1 N–H and O–H groups in total. The van der Waals surface area contributed by atoms with E-state index in [1.807, 2.05) is 24.3 Å². The summed E-state index contributed by atoms with van der Waals surface area (Å²) >= 11 is 0. The number of amides is 1. The number of aliphatic hydroxyl groups is 1. The molecule has 192 valence electrons. The van der Waals surface area contributed by atoms with Gasteiger partial charge in [0.05, 0.1) is 30.9 Å². The summed E-state index contributed by atoms with van der Waals surface area (Å²) in [5.41, 5.74) is 3.41. The number of para-hydroxylation sites is 1. The van der Waals surface area contributed by atoms with Gasteiger partial charge in [-0.05, 0) is 28.3 Å². The first kappa shape index (κ1) is 23.9. The SMILES string of the molecule is O=C(OCC1c2ccccc2-c2ccccc21)N1C2COCC1CC(O)(c1ccccc1OC(F)F)C2. The van der Waals surface area contributed by atoms with Crippen LogP contribution in [0.4, 0.5) is 13.6 Å². The minimum Gasteiger partial charge on any atom is -0.448 e. The highest BCUT2D eigenvalue weighted by atomic mass is 19.3. The molecule has 2 atom stereocenters. The number of piperidine rings is 1. The topological polar surface area (TPSA) is 68.2 Å². The van der Waals surface area contributed by atoms with Gasteiger partial charge in [0.1, 0.15) is 12.4 Å². The molecule has 0 aromatic heterocycles. The van der Waals surface area contributed by atoms with Crippen LogP contribution >= 0.6 is 0 Å². The molecule has 37 heavy (non-hydrogen) atoms.